The molecule has 2 aromatic heterocycles. The normalized spacial score (nSPS) is 10.9. The van der Waals surface area contributed by atoms with Crippen molar-refractivity contribution in [1.29, 1.82) is 0 Å². The van der Waals surface area contributed by atoms with Gasteiger partial charge in [-0.25, -0.2) is 4.98 Å². The van der Waals surface area contributed by atoms with Crippen LogP contribution in [0.3, 0.4) is 0 Å². The van der Waals surface area contributed by atoms with Crippen LogP contribution in [0.15, 0.2) is 47.0 Å². The maximum atomic E-state index is 5.83. The Kier molecular flexibility index (Phi) is 2.53. The van der Waals surface area contributed by atoms with E-state index >= 15 is 0 Å². The molecule has 0 aliphatic heterocycles. The van der Waals surface area contributed by atoms with Crippen molar-refractivity contribution in [2.75, 3.05) is 0 Å². The van der Waals surface area contributed by atoms with Crippen LogP contribution < -0.4 is 0 Å². The van der Waals surface area contributed by atoms with E-state index in [0.29, 0.717) is 18.0 Å². The van der Waals surface area contributed by atoms with Gasteiger partial charge in [0.05, 0.1) is 0 Å². The van der Waals surface area contributed by atoms with Crippen LogP contribution in [0, 0.1) is 0 Å². The molecule has 84 valence electrons. The number of fused-ring (bicyclic) bond motifs is 1. The van der Waals surface area contributed by atoms with Crippen molar-refractivity contribution in [2.24, 2.45) is 0 Å². The lowest BCUT2D eigenvalue weighted by molar-refractivity contribution is 0.544. The van der Waals surface area contributed by atoms with Gasteiger partial charge in [0.25, 0.3) is 0 Å². The molecule has 0 spiro atoms. The average molecular weight is 245 g/mol. The molecule has 0 bridgehead atoms. The smallest absolute Gasteiger partial charge is 0.201 e. The van der Waals surface area contributed by atoms with E-state index in [1.165, 1.54) is 0 Å². The van der Waals surface area contributed by atoms with Crippen molar-refractivity contribution in [3.8, 4) is 0 Å². The Hall–Kier alpha value is -1.87. The number of hydrogen-bond acceptors (Lipinski definition) is 3. The van der Waals surface area contributed by atoms with E-state index in [-0.39, 0.29) is 0 Å². The van der Waals surface area contributed by atoms with Crippen LogP contribution in [0.1, 0.15) is 11.5 Å². The second-order valence-electron chi connectivity index (χ2n) is 3.74. The van der Waals surface area contributed by atoms with Crippen LogP contribution in [-0.2, 0) is 6.42 Å². The summed E-state index contributed by atoms with van der Waals surface area (Å²) in [5.41, 5.74) is 2.48. The Balaban J connectivity index is 1.92. The van der Waals surface area contributed by atoms with Crippen LogP contribution in [0.25, 0.3) is 11.2 Å². The van der Waals surface area contributed by atoms with Crippen LogP contribution in [0.2, 0.25) is 5.02 Å². The van der Waals surface area contributed by atoms with Gasteiger partial charge in [0.2, 0.25) is 5.89 Å². The van der Waals surface area contributed by atoms with Crippen molar-refractivity contribution in [2.45, 2.75) is 6.42 Å². The number of pyridine rings is 1. The Morgan fingerprint density at radius 3 is 2.71 bits per heavy atom. The summed E-state index contributed by atoms with van der Waals surface area (Å²) < 4.78 is 5.60. The summed E-state index contributed by atoms with van der Waals surface area (Å²) in [5, 5.41) is 0.730. The van der Waals surface area contributed by atoms with E-state index in [4.69, 9.17) is 16.0 Å². The summed E-state index contributed by atoms with van der Waals surface area (Å²) in [6.45, 7) is 0. The first kappa shape index (κ1) is 10.3. The standard InChI is InChI=1S/C13H9ClN2O/c14-10-5-3-9(4-6-10)8-12-16-13-11(17-12)2-1-7-15-13/h1-7H,8H2. The molecular formula is C13H9ClN2O. The number of rotatable bonds is 2. The topological polar surface area (TPSA) is 38.9 Å². The summed E-state index contributed by atoms with van der Waals surface area (Å²) >= 11 is 5.83. The largest absolute Gasteiger partial charge is 0.439 e. The zero-order valence-electron chi connectivity index (χ0n) is 8.93. The summed E-state index contributed by atoms with van der Waals surface area (Å²) in [5.74, 6) is 0.668. The third kappa shape index (κ3) is 2.15. The van der Waals surface area contributed by atoms with Gasteiger partial charge in [0.1, 0.15) is 0 Å². The molecule has 1 aromatic carbocycles. The molecule has 3 nitrogen and oxygen atoms in total. The highest BCUT2D eigenvalue weighted by Crippen LogP contribution is 2.17. The van der Waals surface area contributed by atoms with Crippen molar-refractivity contribution in [3.05, 3.63) is 59.1 Å². The number of benzene rings is 1. The zero-order valence-corrected chi connectivity index (χ0v) is 9.69. The van der Waals surface area contributed by atoms with Crippen molar-refractivity contribution in [1.82, 2.24) is 9.97 Å². The lowest BCUT2D eigenvalue weighted by Crippen LogP contribution is -1.87. The van der Waals surface area contributed by atoms with Gasteiger partial charge in [-0.1, -0.05) is 23.7 Å². The number of oxazole rings is 1. The first-order valence-electron chi connectivity index (χ1n) is 5.26. The highest BCUT2D eigenvalue weighted by Gasteiger charge is 2.06. The Morgan fingerprint density at radius 1 is 1.12 bits per heavy atom. The third-order valence-corrected chi connectivity index (χ3v) is 2.73. The number of hydrogen-bond donors (Lipinski definition) is 0. The number of halogens is 1. The molecule has 0 N–H and O–H groups in total. The van der Waals surface area contributed by atoms with Gasteiger partial charge in [-0.15, -0.1) is 0 Å². The molecule has 0 amide bonds. The molecule has 4 heteroatoms. The molecule has 0 unspecified atom stereocenters. The third-order valence-electron chi connectivity index (χ3n) is 2.48. The molecule has 0 aliphatic rings. The maximum Gasteiger partial charge on any atom is 0.201 e. The van der Waals surface area contributed by atoms with Gasteiger partial charge < -0.3 is 4.42 Å². The molecule has 17 heavy (non-hydrogen) atoms. The van der Waals surface area contributed by atoms with Crippen molar-refractivity contribution in [3.63, 3.8) is 0 Å². The first-order chi connectivity index (χ1) is 8.31. The summed E-state index contributed by atoms with van der Waals surface area (Å²) in [6, 6.07) is 11.3. The first-order valence-corrected chi connectivity index (χ1v) is 5.64. The predicted octanol–water partition coefficient (Wildman–Crippen LogP) is 3.47. The summed E-state index contributed by atoms with van der Waals surface area (Å²) in [7, 11) is 0. The Morgan fingerprint density at radius 2 is 1.94 bits per heavy atom. The van der Waals surface area contributed by atoms with Gasteiger partial charge in [0.15, 0.2) is 11.2 Å². The molecule has 0 aliphatic carbocycles. The van der Waals surface area contributed by atoms with Crippen LogP contribution in [0.5, 0.6) is 0 Å². The van der Waals surface area contributed by atoms with Crippen molar-refractivity contribution < 1.29 is 4.42 Å². The summed E-state index contributed by atoms with van der Waals surface area (Å²) in [4.78, 5) is 8.45. The Bertz CT molecular complexity index is 613. The van der Waals surface area contributed by atoms with E-state index in [9.17, 15) is 0 Å². The highest BCUT2D eigenvalue weighted by molar-refractivity contribution is 6.30. The second kappa shape index (κ2) is 4.18. The SMILES string of the molecule is Clc1ccc(Cc2nc3ncccc3o2)cc1. The Labute approximate surface area is 103 Å². The maximum absolute atomic E-state index is 5.83. The molecule has 2 heterocycles. The minimum Gasteiger partial charge on any atom is -0.439 e. The van der Waals surface area contributed by atoms with Gasteiger partial charge >= 0.3 is 0 Å². The van der Waals surface area contributed by atoms with Gasteiger partial charge in [-0.3, -0.25) is 0 Å². The van der Waals surface area contributed by atoms with E-state index in [2.05, 4.69) is 9.97 Å². The zero-order chi connectivity index (χ0) is 11.7. The molecule has 0 saturated carbocycles. The average Bonchev–Trinajstić information content (AvgIpc) is 2.74. The lowest BCUT2D eigenvalue weighted by atomic mass is 10.1. The van der Waals surface area contributed by atoms with E-state index in [1.807, 2.05) is 36.4 Å². The van der Waals surface area contributed by atoms with Crippen LogP contribution >= 0.6 is 11.6 Å². The fourth-order valence-electron chi connectivity index (χ4n) is 1.67. The predicted molar refractivity (Wildman–Crippen MR) is 66.1 cm³/mol. The highest BCUT2D eigenvalue weighted by atomic mass is 35.5. The minimum atomic E-state index is 0.646. The minimum absolute atomic E-state index is 0.646. The van der Waals surface area contributed by atoms with Crippen LogP contribution in [0.4, 0.5) is 0 Å². The van der Waals surface area contributed by atoms with Crippen LogP contribution in [-0.4, -0.2) is 9.97 Å². The fourth-order valence-corrected chi connectivity index (χ4v) is 1.79. The fraction of sp³-hybridized carbons (Fsp3) is 0.0769. The van der Waals surface area contributed by atoms with Gasteiger partial charge in [-0.05, 0) is 29.8 Å². The molecule has 0 atom stereocenters. The van der Waals surface area contributed by atoms with Gasteiger partial charge in [-0.2, -0.15) is 4.98 Å². The van der Waals surface area contributed by atoms with Crippen molar-refractivity contribution >= 4 is 22.8 Å². The molecule has 0 saturated heterocycles. The second-order valence-corrected chi connectivity index (χ2v) is 4.17. The molecular weight excluding hydrogens is 236 g/mol. The number of aromatic nitrogens is 2. The van der Waals surface area contributed by atoms with E-state index in [0.717, 1.165) is 16.2 Å². The molecule has 0 radical (unpaired) electrons. The number of nitrogens with zero attached hydrogens (tertiary/aromatic N) is 2. The molecule has 3 aromatic rings. The lowest BCUT2D eigenvalue weighted by Gasteiger charge is -1.96. The quantitative estimate of drug-likeness (QED) is 0.693. The van der Waals surface area contributed by atoms with E-state index < -0.39 is 0 Å². The van der Waals surface area contributed by atoms with E-state index in [1.54, 1.807) is 6.20 Å². The monoisotopic (exact) mass is 244 g/mol. The molecule has 3 rings (SSSR count). The van der Waals surface area contributed by atoms with Gasteiger partial charge in [0, 0.05) is 17.6 Å². The summed E-state index contributed by atoms with van der Waals surface area (Å²) in [6.07, 6.45) is 2.35. The molecule has 0 fully saturated rings.